The second-order valence-corrected chi connectivity index (χ2v) is 25.3. The third kappa shape index (κ3) is 9.72. The van der Waals surface area contributed by atoms with Gasteiger partial charge in [0.05, 0.1) is 23.5 Å². The minimum Gasteiger partial charge on any atom is -0.436 e. The molecular weight excluding hydrogens is 1190 g/mol. The van der Waals surface area contributed by atoms with Crippen molar-refractivity contribution in [2.24, 2.45) is 0 Å². The maximum absolute atomic E-state index is 9.38. The van der Waals surface area contributed by atoms with Gasteiger partial charge in [0, 0.05) is 76.5 Å². The number of rotatable bonds is 6. The molecule has 2 N–H and O–H groups in total. The van der Waals surface area contributed by atoms with Gasteiger partial charge in [-0.2, -0.15) is 0 Å². The van der Waals surface area contributed by atoms with E-state index in [1.165, 1.54) is 83.4 Å². The third-order valence-corrected chi connectivity index (χ3v) is 20.1. The maximum atomic E-state index is 9.38. The normalized spacial score (nSPS) is 11.6. The van der Waals surface area contributed by atoms with Gasteiger partial charge in [0.25, 0.3) is 0 Å². The lowest BCUT2D eigenvalue weighted by Crippen LogP contribution is -2.29. The molecule has 0 radical (unpaired) electrons. The lowest BCUT2D eigenvalue weighted by Gasteiger charge is -2.08. The molecule has 0 amide bonds. The topological polar surface area (TPSA) is 118 Å². The van der Waals surface area contributed by atoms with Gasteiger partial charge in [-0.25, -0.2) is 19.9 Å². The summed E-state index contributed by atoms with van der Waals surface area (Å²) in [6.07, 6.45) is 3.27. The highest BCUT2D eigenvalue weighted by Gasteiger charge is 2.19. The van der Waals surface area contributed by atoms with Crippen LogP contribution in [0.15, 0.2) is 258 Å². The highest BCUT2D eigenvalue weighted by molar-refractivity contribution is 7.27. The minimum absolute atomic E-state index is 0.338. The largest absolute Gasteiger partial charge is 0.488 e. The first kappa shape index (κ1) is 53.8. The molecule has 18 aromatic rings. The van der Waals surface area contributed by atoms with Gasteiger partial charge in [0.2, 0.25) is 11.4 Å². The molecule has 88 heavy (non-hydrogen) atoms. The maximum Gasteiger partial charge on any atom is 0.488 e. The summed E-state index contributed by atoms with van der Waals surface area (Å²) in [6, 6.07) is 81.8. The Kier molecular flexibility index (Phi) is 13.6. The van der Waals surface area contributed by atoms with Gasteiger partial charge in [-0.15, -0.1) is 34.0 Å². The van der Waals surface area contributed by atoms with Gasteiger partial charge in [0.1, 0.15) is 27.4 Å². The van der Waals surface area contributed by atoms with E-state index >= 15 is 0 Å². The van der Waals surface area contributed by atoms with Crippen molar-refractivity contribution in [1.82, 2.24) is 19.9 Å². The molecule has 0 atom stereocenters. The van der Waals surface area contributed by atoms with E-state index in [-0.39, 0.29) is 0 Å². The first-order valence-electron chi connectivity index (χ1n) is 28.3. The molecule has 8 nitrogen and oxygen atoms in total. The van der Waals surface area contributed by atoms with Crippen LogP contribution < -0.4 is 5.46 Å². The quantitative estimate of drug-likeness (QED) is 0.158. The number of benzene rings is 11. The summed E-state index contributed by atoms with van der Waals surface area (Å²) in [5, 5.41) is 29.2. The Morgan fingerprint density at radius 1 is 0.352 bits per heavy atom. The van der Waals surface area contributed by atoms with E-state index in [0.717, 1.165) is 60.9 Å². The molecule has 0 unspecified atom stereocenters. The van der Waals surface area contributed by atoms with Crippen LogP contribution >= 0.6 is 57.2 Å². The van der Waals surface area contributed by atoms with Gasteiger partial charge in [-0.1, -0.05) is 199 Å². The van der Waals surface area contributed by atoms with E-state index in [2.05, 4.69) is 198 Å². The molecule has 7 aromatic heterocycles. The van der Waals surface area contributed by atoms with Crippen LogP contribution in [-0.2, 0) is 0 Å². The van der Waals surface area contributed by atoms with E-state index in [0.29, 0.717) is 38.2 Å². The van der Waals surface area contributed by atoms with Crippen LogP contribution in [0.25, 0.3) is 161 Å². The second-order valence-electron chi connectivity index (χ2n) is 21.3. The van der Waals surface area contributed by atoms with E-state index in [1.54, 1.807) is 35.6 Å². The van der Waals surface area contributed by atoms with Gasteiger partial charge >= 0.3 is 7.12 Å². The Labute approximate surface area is 524 Å². The standard InChI is InChI=1S/C46H26N2OS2.C18H13BO2S.C10H4Cl2N2O/c1-3-19-41-34(13-1)36-17-7-15-32(44(36)50-41)29-10-5-9-27(23-29)28-21-22-40-38(25-28)43-46(49-40)47-26-39(48-43)31-12-6-11-30(24-31)33-16-8-18-37-35-14-2-4-20-42(35)51-45(33)37;20-19(21)13-6-3-5-12(11-13)14-8-4-9-16-15-7-1-2-10-17(15)22-18(14)16;11-5-1-2-7-6(3-5)9-10(15-7)13-4-8(12)14-9/h1-26H;1-11,20-21H;1-4H. The number of furan rings is 2. The molecule has 0 spiro atoms. The van der Waals surface area contributed by atoms with Crippen molar-refractivity contribution in [3.63, 3.8) is 0 Å². The molecule has 0 fully saturated rings. The number of thiophene rings is 3. The van der Waals surface area contributed by atoms with Crippen LogP contribution in [0.1, 0.15) is 0 Å². The lowest BCUT2D eigenvalue weighted by atomic mass is 9.79. The highest BCUT2D eigenvalue weighted by Crippen LogP contribution is 2.44. The van der Waals surface area contributed by atoms with Gasteiger partial charge < -0.3 is 18.9 Å². The molecule has 418 valence electrons. The lowest BCUT2D eigenvalue weighted by molar-refractivity contribution is 0.426. The van der Waals surface area contributed by atoms with Crippen LogP contribution in [0.4, 0.5) is 0 Å². The predicted octanol–water partition coefficient (Wildman–Crippen LogP) is 20.9. The summed E-state index contributed by atoms with van der Waals surface area (Å²) in [7, 11) is -1.44. The smallest absolute Gasteiger partial charge is 0.436 e. The zero-order valence-corrected chi connectivity index (χ0v) is 50.2. The van der Waals surface area contributed by atoms with Gasteiger partial charge in [-0.05, 0) is 111 Å². The summed E-state index contributed by atoms with van der Waals surface area (Å²) in [6.45, 7) is 0. The second kappa shape index (κ2) is 22.3. The molecule has 7 heterocycles. The third-order valence-electron chi connectivity index (χ3n) is 16.0. The Hall–Kier alpha value is -9.60. The number of nitrogens with zero attached hydrogens (tertiary/aromatic N) is 4. The van der Waals surface area contributed by atoms with Gasteiger partial charge in [0.15, 0.2) is 0 Å². The molecule has 0 aliphatic heterocycles. The highest BCUT2D eigenvalue weighted by atomic mass is 35.5. The average molecular weight is 1230 g/mol. The Morgan fingerprint density at radius 3 is 1.35 bits per heavy atom. The first-order chi connectivity index (χ1) is 43.2. The molecule has 18 rings (SSSR count). The Bertz CT molecular complexity index is 5510. The van der Waals surface area contributed by atoms with Crippen molar-refractivity contribution in [2.45, 2.75) is 0 Å². The molecule has 0 saturated heterocycles. The van der Waals surface area contributed by atoms with E-state index < -0.39 is 7.12 Å². The van der Waals surface area contributed by atoms with Crippen molar-refractivity contribution < 1.29 is 18.9 Å². The number of hydrogen-bond acceptors (Lipinski definition) is 11. The molecular formula is C74H43BCl2N4O4S3. The SMILES string of the molecule is Clc1ccc2oc3ncc(Cl)nc3c2c1.OB(O)c1cccc(-c2cccc3c2sc2ccccc23)c1.c1cc(-c2ccc3oc4ncc(-c5cccc(-c6cccc7c6sc6ccccc67)c5)nc4c3c2)cc(-c2cccc3c2sc2ccccc23)c1. The monoisotopic (exact) mass is 1230 g/mol. The van der Waals surface area contributed by atoms with Crippen molar-refractivity contribution >= 4 is 175 Å². The molecule has 0 aliphatic rings. The van der Waals surface area contributed by atoms with E-state index in [9.17, 15) is 10.0 Å². The average Bonchev–Trinajstić information content (AvgIpc) is 2.07. The van der Waals surface area contributed by atoms with Gasteiger partial charge in [-0.3, -0.25) is 0 Å². The van der Waals surface area contributed by atoms with Crippen molar-refractivity contribution in [3.8, 4) is 55.8 Å². The fourth-order valence-corrected chi connectivity index (χ4v) is 15.9. The van der Waals surface area contributed by atoms with Crippen LogP contribution in [0, 0.1) is 0 Å². The van der Waals surface area contributed by atoms with Crippen molar-refractivity contribution in [3.05, 3.63) is 259 Å². The van der Waals surface area contributed by atoms with E-state index in [1.807, 2.05) is 53.1 Å². The Morgan fingerprint density at radius 2 is 0.784 bits per heavy atom. The van der Waals surface area contributed by atoms with E-state index in [4.69, 9.17) is 42.0 Å². The number of halogens is 2. The fourth-order valence-electron chi connectivity index (χ4n) is 11.8. The zero-order valence-electron chi connectivity index (χ0n) is 46.2. The fraction of sp³-hybridized carbons (Fsp3) is 0. The van der Waals surface area contributed by atoms with Crippen molar-refractivity contribution in [1.29, 1.82) is 0 Å². The van der Waals surface area contributed by atoms with Crippen molar-refractivity contribution in [2.75, 3.05) is 0 Å². The molecule has 0 saturated carbocycles. The molecule has 14 heteroatoms. The number of hydrogen-bond donors (Lipinski definition) is 2. The molecule has 0 bridgehead atoms. The van der Waals surface area contributed by atoms with Crippen LogP contribution in [-0.4, -0.2) is 37.1 Å². The summed E-state index contributed by atoms with van der Waals surface area (Å²) in [5.74, 6) is 0. The van der Waals surface area contributed by atoms with Crippen LogP contribution in [0.3, 0.4) is 0 Å². The zero-order chi connectivity index (χ0) is 59.0. The first-order valence-corrected chi connectivity index (χ1v) is 31.5. The summed E-state index contributed by atoms with van der Waals surface area (Å²) >= 11 is 17.1. The molecule has 0 aliphatic carbocycles. The summed E-state index contributed by atoms with van der Waals surface area (Å²) in [5.41, 5.74) is 15.5. The summed E-state index contributed by atoms with van der Waals surface area (Å²) < 4.78 is 19.4. The summed E-state index contributed by atoms with van der Waals surface area (Å²) in [4.78, 5) is 18.1. The number of fused-ring (bicyclic) bond motifs is 15. The minimum atomic E-state index is -1.44. The predicted molar refractivity (Wildman–Crippen MR) is 371 cm³/mol. The Balaban J connectivity index is 0.000000137. The number of aromatic nitrogens is 4. The molecule has 11 aromatic carbocycles. The van der Waals surface area contributed by atoms with Crippen LogP contribution in [0.5, 0.6) is 0 Å². The van der Waals surface area contributed by atoms with Crippen LogP contribution in [0.2, 0.25) is 10.2 Å².